The van der Waals surface area contributed by atoms with Gasteiger partial charge in [0.25, 0.3) is 0 Å². The van der Waals surface area contributed by atoms with Crippen LogP contribution in [0.5, 0.6) is 5.75 Å². The van der Waals surface area contributed by atoms with Gasteiger partial charge in [0.05, 0.1) is 18.2 Å². The van der Waals surface area contributed by atoms with Gasteiger partial charge >= 0.3 is 5.97 Å². The van der Waals surface area contributed by atoms with E-state index in [-0.39, 0.29) is 12.4 Å². The zero-order chi connectivity index (χ0) is 16.2. The topological polar surface area (TPSA) is 78.6 Å². The zero-order valence-corrected chi connectivity index (χ0v) is 12.3. The summed E-state index contributed by atoms with van der Waals surface area (Å²) in [6.07, 6.45) is 1.30. The smallest absolute Gasteiger partial charge is 0.338 e. The lowest BCUT2D eigenvalue weighted by atomic mass is 10.1. The number of Topliss-reactive ketones (excluding diaryl/α,β-unsaturated/α-hetero) is 1. The fourth-order valence-corrected chi connectivity index (χ4v) is 2.15. The number of methoxy groups -OCH3 is 1. The second-order valence-corrected chi connectivity index (χ2v) is 4.73. The number of carbonyl (C=O) groups is 2. The molecule has 0 amide bonds. The summed E-state index contributed by atoms with van der Waals surface area (Å²) in [5.74, 6) is -0.492. The maximum atomic E-state index is 12.1. The first-order valence-electron chi connectivity index (χ1n) is 6.85. The Bertz CT molecular complexity index is 868. The fraction of sp³-hybridized carbons (Fsp3) is 0.118. The molecule has 0 aliphatic rings. The number of hydrogen-bond acceptors (Lipinski definition) is 6. The van der Waals surface area contributed by atoms with E-state index in [4.69, 9.17) is 13.9 Å². The lowest BCUT2D eigenvalue weighted by Gasteiger charge is -2.08. The molecule has 0 saturated carbocycles. The lowest BCUT2D eigenvalue weighted by Crippen LogP contribution is -2.15. The first-order chi connectivity index (χ1) is 11.2. The van der Waals surface area contributed by atoms with Gasteiger partial charge in [0.2, 0.25) is 5.78 Å². The van der Waals surface area contributed by atoms with Crippen molar-refractivity contribution < 1.29 is 23.5 Å². The highest BCUT2D eigenvalue weighted by Crippen LogP contribution is 2.18. The molecule has 0 unspecified atom stereocenters. The van der Waals surface area contributed by atoms with Crippen LogP contribution < -0.4 is 4.74 Å². The van der Waals surface area contributed by atoms with Gasteiger partial charge in [-0.1, -0.05) is 12.1 Å². The third-order valence-electron chi connectivity index (χ3n) is 3.31. The second-order valence-electron chi connectivity index (χ2n) is 4.73. The van der Waals surface area contributed by atoms with Crippen molar-refractivity contribution in [1.82, 2.24) is 4.98 Å². The van der Waals surface area contributed by atoms with Crippen molar-refractivity contribution in [2.45, 2.75) is 0 Å². The molecule has 0 aliphatic carbocycles. The molecule has 116 valence electrons. The number of benzene rings is 2. The Morgan fingerprint density at radius 2 is 2.00 bits per heavy atom. The number of oxazole rings is 1. The number of para-hydroxylation sites is 1. The number of hydrogen-bond donors (Lipinski definition) is 0. The van der Waals surface area contributed by atoms with Crippen molar-refractivity contribution in [2.24, 2.45) is 0 Å². The highest BCUT2D eigenvalue weighted by molar-refractivity contribution is 6.01. The lowest BCUT2D eigenvalue weighted by molar-refractivity contribution is 0.0474. The highest BCUT2D eigenvalue weighted by Gasteiger charge is 2.15. The van der Waals surface area contributed by atoms with Gasteiger partial charge in [-0.3, -0.25) is 4.79 Å². The van der Waals surface area contributed by atoms with E-state index in [2.05, 4.69) is 4.98 Å². The molecule has 3 aromatic rings. The first-order valence-corrected chi connectivity index (χ1v) is 6.85. The molecule has 0 aliphatic heterocycles. The Morgan fingerprint density at radius 3 is 2.83 bits per heavy atom. The first kappa shape index (κ1) is 14.8. The van der Waals surface area contributed by atoms with E-state index >= 15 is 0 Å². The number of nitrogens with zero attached hydrogens (tertiary/aromatic N) is 1. The summed E-state index contributed by atoms with van der Waals surface area (Å²) < 4.78 is 15.3. The molecule has 1 aromatic heterocycles. The molecule has 0 bridgehead atoms. The van der Waals surface area contributed by atoms with Crippen molar-refractivity contribution in [2.75, 3.05) is 13.7 Å². The van der Waals surface area contributed by atoms with Crippen molar-refractivity contribution in [3.63, 3.8) is 0 Å². The van der Waals surface area contributed by atoms with Crippen LogP contribution in [0.2, 0.25) is 0 Å². The van der Waals surface area contributed by atoms with E-state index in [0.29, 0.717) is 28.0 Å². The summed E-state index contributed by atoms with van der Waals surface area (Å²) >= 11 is 0. The molecule has 0 radical (unpaired) electrons. The summed E-state index contributed by atoms with van der Waals surface area (Å²) in [5.41, 5.74) is 1.80. The van der Waals surface area contributed by atoms with Crippen LogP contribution in [0.3, 0.4) is 0 Å². The van der Waals surface area contributed by atoms with Crippen LogP contribution in [0.4, 0.5) is 0 Å². The molecular weight excluding hydrogens is 298 g/mol. The average Bonchev–Trinajstić information content (AvgIpc) is 3.06. The van der Waals surface area contributed by atoms with Gasteiger partial charge in [-0.25, -0.2) is 9.78 Å². The van der Waals surface area contributed by atoms with Crippen LogP contribution in [0, 0.1) is 0 Å². The van der Waals surface area contributed by atoms with Gasteiger partial charge in [-0.05, 0) is 30.3 Å². The molecule has 3 rings (SSSR count). The van der Waals surface area contributed by atoms with E-state index < -0.39 is 5.97 Å². The zero-order valence-electron chi connectivity index (χ0n) is 12.3. The monoisotopic (exact) mass is 311 g/mol. The number of esters is 1. The Kier molecular flexibility index (Phi) is 4.05. The van der Waals surface area contributed by atoms with Crippen LogP contribution in [0.25, 0.3) is 11.1 Å². The van der Waals surface area contributed by atoms with Gasteiger partial charge in [0, 0.05) is 0 Å². The standard InChI is InChI=1S/C17H13NO5/c1-21-15-5-3-2-4-12(15)14(19)9-22-17(20)11-6-7-16-13(8-11)18-10-23-16/h2-8,10H,9H2,1H3. The summed E-state index contributed by atoms with van der Waals surface area (Å²) in [4.78, 5) is 28.2. The second kappa shape index (κ2) is 6.31. The summed E-state index contributed by atoms with van der Waals surface area (Å²) in [5, 5.41) is 0. The number of ether oxygens (including phenoxy) is 2. The van der Waals surface area contributed by atoms with Crippen LogP contribution >= 0.6 is 0 Å². The molecule has 0 spiro atoms. The minimum absolute atomic E-state index is 0.305. The van der Waals surface area contributed by atoms with Crippen LogP contribution in [0.15, 0.2) is 53.3 Å². The molecule has 23 heavy (non-hydrogen) atoms. The predicted octanol–water partition coefficient (Wildman–Crippen LogP) is 2.88. The average molecular weight is 311 g/mol. The summed E-state index contributed by atoms with van der Waals surface area (Å²) in [6.45, 7) is -0.365. The van der Waals surface area contributed by atoms with E-state index in [0.717, 1.165) is 0 Å². The van der Waals surface area contributed by atoms with Gasteiger partial charge < -0.3 is 13.9 Å². The minimum atomic E-state index is -0.599. The Morgan fingerprint density at radius 1 is 1.17 bits per heavy atom. The highest BCUT2D eigenvalue weighted by atomic mass is 16.5. The molecule has 6 nitrogen and oxygen atoms in total. The molecular formula is C17H13NO5. The number of fused-ring (bicyclic) bond motifs is 1. The molecule has 2 aromatic carbocycles. The Hall–Kier alpha value is -3.15. The van der Waals surface area contributed by atoms with E-state index in [9.17, 15) is 9.59 Å². The maximum Gasteiger partial charge on any atom is 0.338 e. The predicted molar refractivity (Wildman–Crippen MR) is 81.6 cm³/mol. The van der Waals surface area contributed by atoms with Crippen LogP contribution in [-0.4, -0.2) is 30.5 Å². The van der Waals surface area contributed by atoms with Crippen LogP contribution in [0.1, 0.15) is 20.7 Å². The molecule has 0 fully saturated rings. The van der Waals surface area contributed by atoms with Gasteiger partial charge in [0.1, 0.15) is 11.3 Å². The molecule has 0 atom stereocenters. The van der Waals surface area contributed by atoms with E-state index in [1.54, 1.807) is 42.5 Å². The minimum Gasteiger partial charge on any atom is -0.496 e. The molecule has 6 heteroatoms. The number of rotatable bonds is 5. The van der Waals surface area contributed by atoms with Crippen molar-refractivity contribution in [3.05, 3.63) is 60.0 Å². The molecule has 1 heterocycles. The van der Waals surface area contributed by atoms with Gasteiger partial charge in [0.15, 0.2) is 18.6 Å². The number of aromatic nitrogens is 1. The number of carbonyl (C=O) groups excluding carboxylic acids is 2. The summed E-state index contributed by atoms with van der Waals surface area (Å²) in [7, 11) is 1.48. The van der Waals surface area contributed by atoms with Crippen molar-refractivity contribution in [3.8, 4) is 5.75 Å². The van der Waals surface area contributed by atoms with Crippen molar-refractivity contribution >= 4 is 22.9 Å². The largest absolute Gasteiger partial charge is 0.496 e. The van der Waals surface area contributed by atoms with Crippen LogP contribution in [-0.2, 0) is 4.74 Å². The maximum absolute atomic E-state index is 12.1. The summed E-state index contributed by atoms with van der Waals surface area (Å²) in [6, 6.07) is 11.5. The van der Waals surface area contributed by atoms with E-state index in [1.807, 2.05) is 0 Å². The number of ketones is 1. The normalized spacial score (nSPS) is 10.5. The Labute approximate surface area is 131 Å². The van der Waals surface area contributed by atoms with Gasteiger partial charge in [-0.15, -0.1) is 0 Å². The molecule has 0 saturated heterocycles. The van der Waals surface area contributed by atoms with Gasteiger partial charge in [-0.2, -0.15) is 0 Å². The molecule has 0 N–H and O–H groups in total. The third-order valence-corrected chi connectivity index (χ3v) is 3.31. The SMILES string of the molecule is COc1ccccc1C(=O)COC(=O)c1ccc2ocnc2c1. The quantitative estimate of drug-likeness (QED) is 0.532. The van der Waals surface area contributed by atoms with E-state index in [1.165, 1.54) is 13.5 Å². The fourth-order valence-electron chi connectivity index (χ4n) is 2.15. The third kappa shape index (κ3) is 3.06. The van der Waals surface area contributed by atoms with Crippen molar-refractivity contribution in [1.29, 1.82) is 0 Å². The Balaban J connectivity index is 1.69.